The van der Waals surface area contributed by atoms with E-state index in [1.54, 1.807) is 17.1 Å². The molecule has 0 spiro atoms. The number of amides is 1. The van der Waals surface area contributed by atoms with Crippen LogP contribution in [-0.4, -0.2) is 27.1 Å². The van der Waals surface area contributed by atoms with Gasteiger partial charge in [-0.05, 0) is 18.8 Å². The quantitative estimate of drug-likeness (QED) is 0.860. The number of nitrogens with one attached hydrogen (secondary N) is 1. The fourth-order valence-corrected chi connectivity index (χ4v) is 2.98. The minimum atomic E-state index is -0.00838. The van der Waals surface area contributed by atoms with Gasteiger partial charge in [-0.2, -0.15) is 5.10 Å². The maximum atomic E-state index is 11.9. The average Bonchev–Trinajstić information content (AvgIpc) is 2.86. The smallest absolute Gasteiger partial charge is 0.254 e. The molecule has 0 bridgehead atoms. The van der Waals surface area contributed by atoms with E-state index in [0.29, 0.717) is 17.5 Å². The van der Waals surface area contributed by atoms with Gasteiger partial charge < -0.3 is 5.32 Å². The molecule has 0 radical (unpaired) electrons. The Morgan fingerprint density at radius 1 is 1.69 bits per heavy atom. The number of aromatic nitrogens is 2. The Kier molecular flexibility index (Phi) is 3.63. The van der Waals surface area contributed by atoms with Crippen molar-refractivity contribution in [1.29, 1.82) is 0 Å². The summed E-state index contributed by atoms with van der Waals surface area (Å²) in [6.07, 6.45) is 6.83. The molecular formula is C11H16BrN3O. The molecule has 1 aromatic rings. The number of hydrogen-bond acceptors (Lipinski definition) is 2. The Hall–Kier alpha value is -0.840. The zero-order chi connectivity index (χ0) is 11.5. The van der Waals surface area contributed by atoms with Crippen LogP contribution in [0, 0.1) is 5.92 Å². The fourth-order valence-electron chi connectivity index (χ4n) is 2.20. The number of rotatable bonds is 3. The molecule has 88 valence electrons. The van der Waals surface area contributed by atoms with Crippen molar-refractivity contribution in [3.8, 4) is 0 Å². The molecule has 2 unspecified atom stereocenters. The van der Waals surface area contributed by atoms with Crippen LogP contribution in [0.2, 0.25) is 0 Å². The number of hydrogen-bond donors (Lipinski definition) is 1. The van der Waals surface area contributed by atoms with Crippen LogP contribution >= 0.6 is 15.9 Å². The number of nitrogens with zero attached hydrogens (tertiary/aromatic N) is 2. The summed E-state index contributed by atoms with van der Waals surface area (Å²) >= 11 is 3.50. The Balaban J connectivity index is 1.97. The molecule has 0 aromatic carbocycles. The van der Waals surface area contributed by atoms with E-state index in [2.05, 4.69) is 26.3 Å². The first-order valence-electron chi connectivity index (χ1n) is 5.56. The summed E-state index contributed by atoms with van der Waals surface area (Å²) in [6.45, 7) is 0. The normalized spacial score (nSPS) is 24.6. The molecule has 1 aliphatic rings. The largest absolute Gasteiger partial charge is 0.349 e. The van der Waals surface area contributed by atoms with E-state index < -0.39 is 0 Å². The van der Waals surface area contributed by atoms with Crippen LogP contribution in [0.3, 0.4) is 0 Å². The Morgan fingerprint density at radius 3 is 3.12 bits per heavy atom. The van der Waals surface area contributed by atoms with Crippen molar-refractivity contribution in [3.05, 3.63) is 18.0 Å². The van der Waals surface area contributed by atoms with Crippen LogP contribution in [0.4, 0.5) is 0 Å². The van der Waals surface area contributed by atoms with E-state index in [1.807, 2.05) is 7.05 Å². The SMILES string of the molecule is Cn1cc(C(=O)NC2CCCC2CBr)cn1. The number of alkyl halides is 1. The highest BCUT2D eigenvalue weighted by atomic mass is 79.9. The second-order valence-electron chi connectivity index (χ2n) is 4.33. The van der Waals surface area contributed by atoms with Crippen LogP contribution in [0.25, 0.3) is 0 Å². The van der Waals surface area contributed by atoms with Crippen LogP contribution in [0.15, 0.2) is 12.4 Å². The van der Waals surface area contributed by atoms with Crippen LogP contribution in [0.5, 0.6) is 0 Å². The van der Waals surface area contributed by atoms with E-state index in [4.69, 9.17) is 0 Å². The Bertz CT molecular complexity index is 377. The van der Waals surface area contributed by atoms with Crippen molar-refractivity contribution in [2.45, 2.75) is 25.3 Å². The minimum absolute atomic E-state index is 0.00838. The fraction of sp³-hybridized carbons (Fsp3) is 0.636. The molecule has 1 fully saturated rings. The standard InChI is InChI=1S/C11H16BrN3O/c1-15-7-9(6-13-15)11(16)14-10-4-2-3-8(10)5-12/h6-8,10H,2-5H2,1H3,(H,14,16). The molecular weight excluding hydrogens is 270 g/mol. The van der Waals surface area contributed by atoms with Gasteiger partial charge in [0.25, 0.3) is 5.91 Å². The van der Waals surface area contributed by atoms with Crippen molar-refractivity contribution in [1.82, 2.24) is 15.1 Å². The summed E-state index contributed by atoms with van der Waals surface area (Å²) in [5.41, 5.74) is 0.641. The van der Waals surface area contributed by atoms with E-state index in [9.17, 15) is 4.79 Å². The van der Waals surface area contributed by atoms with Gasteiger partial charge in [-0.1, -0.05) is 22.4 Å². The summed E-state index contributed by atoms with van der Waals surface area (Å²) in [6, 6.07) is 0.312. The summed E-state index contributed by atoms with van der Waals surface area (Å²) in [5, 5.41) is 8.05. The molecule has 1 saturated carbocycles. The second kappa shape index (κ2) is 4.99. The van der Waals surface area contributed by atoms with Gasteiger partial charge in [0.15, 0.2) is 0 Å². The summed E-state index contributed by atoms with van der Waals surface area (Å²) < 4.78 is 1.64. The lowest BCUT2D eigenvalue weighted by Crippen LogP contribution is -2.37. The van der Waals surface area contributed by atoms with Crippen LogP contribution < -0.4 is 5.32 Å². The molecule has 5 heteroatoms. The predicted molar refractivity (Wildman–Crippen MR) is 65.6 cm³/mol. The highest BCUT2D eigenvalue weighted by Gasteiger charge is 2.27. The first-order valence-corrected chi connectivity index (χ1v) is 6.68. The first-order chi connectivity index (χ1) is 7.70. The third-order valence-electron chi connectivity index (χ3n) is 3.14. The van der Waals surface area contributed by atoms with E-state index in [1.165, 1.54) is 12.8 Å². The lowest BCUT2D eigenvalue weighted by atomic mass is 10.1. The van der Waals surface area contributed by atoms with Gasteiger partial charge in [0.1, 0.15) is 0 Å². The molecule has 4 nitrogen and oxygen atoms in total. The number of carbonyl (C=O) groups is 1. The topological polar surface area (TPSA) is 46.9 Å². The summed E-state index contributed by atoms with van der Waals surface area (Å²) in [4.78, 5) is 11.9. The van der Waals surface area contributed by atoms with Gasteiger partial charge in [0.05, 0.1) is 11.8 Å². The van der Waals surface area contributed by atoms with Crippen molar-refractivity contribution >= 4 is 21.8 Å². The summed E-state index contributed by atoms with van der Waals surface area (Å²) in [7, 11) is 1.81. The molecule has 1 aliphatic carbocycles. The van der Waals surface area contributed by atoms with Gasteiger partial charge in [-0.15, -0.1) is 0 Å². The van der Waals surface area contributed by atoms with Gasteiger partial charge in [-0.25, -0.2) is 0 Å². The Labute approximate surface area is 104 Å². The zero-order valence-electron chi connectivity index (χ0n) is 9.32. The Morgan fingerprint density at radius 2 is 2.50 bits per heavy atom. The molecule has 2 atom stereocenters. The van der Waals surface area contributed by atoms with Gasteiger partial charge in [0, 0.05) is 24.6 Å². The van der Waals surface area contributed by atoms with Crippen LogP contribution in [-0.2, 0) is 7.05 Å². The predicted octanol–water partition coefficient (Wildman–Crippen LogP) is 1.71. The van der Waals surface area contributed by atoms with Crippen molar-refractivity contribution < 1.29 is 4.79 Å². The number of aryl methyl sites for hydroxylation is 1. The minimum Gasteiger partial charge on any atom is -0.349 e. The van der Waals surface area contributed by atoms with Crippen molar-refractivity contribution in [2.75, 3.05) is 5.33 Å². The monoisotopic (exact) mass is 285 g/mol. The van der Waals surface area contributed by atoms with Gasteiger partial charge >= 0.3 is 0 Å². The van der Waals surface area contributed by atoms with Crippen molar-refractivity contribution in [2.24, 2.45) is 13.0 Å². The molecule has 0 saturated heterocycles. The average molecular weight is 286 g/mol. The molecule has 1 aromatic heterocycles. The molecule has 2 rings (SSSR count). The highest BCUT2D eigenvalue weighted by Crippen LogP contribution is 2.27. The van der Waals surface area contributed by atoms with Crippen molar-refractivity contribution in [3.63, 3.8) is 0 Å². The number of carbonyl (C=O) groups excluding carboxylic acids is 1. The zero-order valence-corrected chi connectivity index (χ0v) is 10.9. The lowest BCUT2D eigenvalue weighted by Gasteiger charge is -2.18. The molecule has 1 heterocycles. The molecule has 1 N–H and O–H groups in total. The highest BCUT2D eigenvalue weighted by molar-refractivity contribution is 9.09. The number of halogens is 1. The molecule has 16 heavy (non-hydrogen) atoms. The first kappa shape index (κ1) is 11.6. The maximum Gasteiger partial charge on any atom is 0.254 e. The van der Waals surface area contributed by atoms with Gasteiger partial charge in [0.2, 0.25) is 0 Å². The van der Waals surface area contributed by atoms with Gasteiger partial charge in [-0.3, -0.25) is 9.48 Å². The molecule has 1 amide bonds. The van der Waals surface area contributed by atoms with E-state index >= 15 is 0 Å². The third kappa shape index (κ3) is 2.45. The molecule has 0 aliphatic heterocycles. The van der Waals surface area contributed by atoms with E-state index in [0.717, 1.165) is 11.8 Å². The maximum absolute atomic E-state index is 11.9. The van der Waals surface area contributed by atoms with E-state index in [-0.39, 0.29) is 5.91 Å². The second-order valence-corrected chi connectivity index (χ2v) is 4.98. The lowest BCUT2D eigenvalue weighted by molar-refractivity contribution is 0.0930. The summed E-state index contributed by atoms with van der Waals surface area (Å²) in [5.74, 6) is 0.562. The van der Waals surface area contributed by atoms with Crippen LogP contribution in [0.1, 0.15) is 29.6 Å². The third-order valence-corrected chi connectivity index (χ3v) is 3.97.